The van der Waals surface area contributed by atoms with Crippen molar-refractivity contribution in [1.82, 2.24) is 15.1 Å². The van der Waals surface area contributed by atoms with Crippen LogP contribution in [-0.4, -0.2) is 51.4 Å². The predicted octanol–water partition coefficient (Wildman–Crippen LogP) is 3.21. The Labute approximate surface area is 184 Å². The minimum Gasteiger partial charge on any atom is -0.478 e. The number of rotatable bonds is 7. The van der Waals surface area contributed by atoms with Crippen molar-refractivity contribution in [3.05, 3.63) is 57.9 Å². The minimum atomic E-state index is -1.18. The number of nitrogens with zero attached hydrogens (tertiary/aromatic N) is 4. The number of aliphatic imine (C=N–C) groups is 1. The Kier molecular flexibility index (Phi) is 7.14. The van der Waals surface area contributed by atoms with Gasteiger partial charge >= 0.3 is 5.97 Å². The number of carbonyl (C=O) groups excluding carboxylic acids is 1. The van der Waals surface area contributed by atoms with Crippen LogP contribution in [0, 0.1) is 0 Å². The van der Waals surface area contributed by atoms with Crippen molar-refractivity contribution in [3.63, 3.8) is 0 Å². The second-order valence-corrected chi connectivity index (χ2v) is 7.94. The summed E-state index contributed by atoms with van der Waals surface area (Å²) in [6.07, 6.45) is 7.62. The highest BCUT2D eigenvalue weighted by atomic mass is 32.1. The average Bonchev–Trinajstić information content (AvgIpc) is 3.18. The normalized spacial score (nSPS) is 14.9. The molecule has 0 aliphatic carbocycles. The maximum absolute atomic E-state index is 12.4. The van der Waals surface area contributed by atoms with Gasteiger partial charge in [-0.2, -0.15) is 10.2 Å². The van der Waals surface area contributed by atoms with E-state index in [9.17, 15) is 14.7 Å². The van der Waals surface area contributed by atoms with E-state index in [-0.39, 0.29) is 16.8 Å². The maximum atomic E-state index is 12.4. The Balaban J connectivity index is 1.88. The van der Waals surface area contributed by atoms with Gasteiger partial charge in [0.25, 0.3) is 5.91 Å². The van der Waals surface area contributed by atoms with Gasteiger partial charge in [-0.05, 0) is 32.3 Å². The summed E-state index contributed by atoms with van der Waals surface area (Å²) in [5, 5.41) is 21.3. The van der Waals surface area contributed by atoms with Crippen LogP contribution in [0.15, 0.2) is 46.9 Å². The van der Waals surface area contributed by atoms with E-state index >= 15 is 0 Å². The van der Waals surface area contributed by atoms with Crippen LogP contribution >= 0.6 is 11.3 Å². The molecule has 1 amide bonds. The average molecular weight is 441 g/mol. The molecule has 162 valence electrons. The van der Waals surface area contributed by atoms with Crippen LogP contribution in [0.1, 0.15) is 51.8 Å². The van der Waals surface area contributed by atoms with E-state index in [0.29, 0.717) is 22.0 Å². The van der Waals surface area contributed by atoms with Gasteiger partial charge < -0.3 is 21.1 Å². The number of anilines is 1. The molecule has 0 spiro atoms. The Morgan fingerprint density at radius 3 is 2.68 bits per heavy atom. The summed E-state index contributed by atoms with van der Waals surface area (Å²) < 4.78 is 0. The van der Waals surface area contributed by atoms with Crippen molar-refractivity contribution in [2.24, 2.45) is 10.7 Å². The monoisotopic (exact) mass is 440 g/mol. The van der Waals surface area contributed by atoms with E-state index in [1.807, 2.05) is 0 Å². The summed E-state index contributed by atoms with van der Waals surface area (Å²) >= 11 is 1.17. The lowest BCUT2D eigenvalue weighted by Crippen LogP contribution is -2.27. The molecule has 1 aliphatic heterocycles. The molecule has 10 heteroatoms. The molecule has 1 fully saturated rings. The number of carbonyl (C=O) groups is 2. The Hall–Kier alpha value is -3.53. The second kappa shape index (κ2) is 9.98. The van der Waals surface area contributed by atoms with Gasteiger partial charge in [-0.25, -0.2) is 9.79 Å². The van der Waals surface area contributed by atoms with Gasteiger partial charge in [-0.3, -0.25) is 4.79 Å². The van der Waals surface area contributed by atoms with Crippen LogP contribution in [0.4, 0.5) is 5.69 Å². The van der Waals surface area contributed by atoms with E-state index in [0.717, 1.165) is 25.9 Å². The predicted molar refractivity (Wildman–Crippen MR) is 121 cm³/mol. The van der Waals surface area contributed by atoms with Crippen molar-refractivity contribution >= 4 is 40.7 Å². The molecule has 0 aromatic carbocycles. The number of hydrogen-bond acceptors (Lipinski definition) is 8. The summed E-state index contributed by atoms with van der Waals surface area (Å²) in [4.78, 5) is 31.4. The molecule has 2 aromatic heterocycles. The summed E-state index contributed by atoms with van der Waals surface area (Å²) in [6.45, 7) is 7.50. The highest BCUT2D eigenvalue weighted by Crippen LogP contribution is 2.33. The van der Waals surface area contributed by atoms with E-state index in [4.69, 9.17) is 5.73 Å². The Morgan fingerprint density at radius 2 is 2.06 bits per heavy atom. The molecule has 0 unspecified atom stereocenters. The molecule has 3 rings (SSSR count). The zero-order valence-electron chi connectivity index (χ0n) is 17.2. The van der Waals surface area contributed by atoms with Gasteiger partial charge in [0.2, 0.25) is 0 Å². The zero-order chi connectivity index (χ0) is 22.4. The van der Waals surface area contributed by atoms with Crippen molar-refractivity contribution in [2.45, 2.75) is 26.2 Å². The lowest BCUT2D eigenvalue weighted by Gasteiger charge is -2.28. The molecule has 0 atom stereocenters. The van der Waals surface area contributed by atoms with Crippen LogP contribution in [-0.2, 0) is 0 Å². The first-order valence-electron chi connectivity index (χ1n) is 9.76. The fourth-order valence-electron chi connectivity index (χ4n) is 3.19. The van der Waals surface area contributed by atoms with Crippen LogP contribution in [0.2, 0.25) is 0 Å². The van der Waals surface area contributed by atoms with Crippen LogP contribution < -0.4 is 11.1 Å². The molecule has 0 saturated carbocycles. The van der Waals surface area contributed by atoms with Crippen molar-refractivity contribution < 1.29 is 14.7 Å². The van der Waals surface area contributed by atoms with Crippen LogP contribution in [0.5, 0.6) is 0 Å². The first-order chi connectivity index (χ1) is 14.9. The Bertz CT molecular complexity index is 1030. The fourth-order valence-corrected chi connectivity index (χ4v) is 4.26. The molecule has 2 aromatic rings. The van der Waals surface area contributed by atoms with E-state index in [2.05, 4.69) is 32.0 Å². The van der Waals surface area contributed by atoms with E-state index < -0.39 is 11.9 Å². The number of nitrogens with one attached hydrogen (secondary N) is 1. The summed E-state index contributed by atoms with van der Waals surface area (Å²) in [6, 6.07) is 1.49. The fraction of sp³-hybridized carbons (Fsp3) is 0.286. The number of hydrogen-bond donors (Lipinski definition) is 3. The smallest absolute Gasteiger partial charge is 0.339 e. The van der Waals surface area contributed by atoms with Crippen molar-refractivity contribution in [1.29, 1.82) is 0 Å². The van der Waals surface area contributed by atoms with Crippen LogP contribution in [0.3, 0.4) is 0 Å². The summed E-state index contributed by atoms with van der Waals surface area (Å²) in [7, 11) is 0. The van der Waals surface area contributed by atoms with Gasteiger partial charge in [0.15, 0.2) is 0 Å². The molecule has 1 saturated heterocycles. The third kappa shape index (κ3) is 5.34. The SMILES string of the molecule is C=C(/N=C\C(=C(\C)N)c1scc(NC(=O)c2ccnnc2)c1C(=O)O)N1CCCCC1. The van der Waals surface area contributed by atoms with Gasteiger partial charge in [-0.1, -0.05) is 6.58 Å². The number of nitrogens with two attached hydrogens (primary N) is 1. The number of amides is 1. The van der Waals surface area contributed by atoms with Gasteiger partial charge in [0.1, 0.15) is 11.4 Å². The number of aromatic nitrogens is 2. The lowest BCUT2D eigenvalue weighted by atomic mass is 10.1. The molecular formula is C21H24N6O3S. The molecule has 4 N–H and O–H groups in total. The minimum absolute atomic E-state index is 0.0461. The molecular weight excluding hydrogens is 416 g/mol. The zero-order valence-corrected chi connectivity index (χ0v) is 18.0. The van der Waals surface area contributed by atoms with Crippen molar-refractivity contribution in [2.75, 3.05) is 18.4 Å². The topological polar surface area (TPSA) is 134 Å². The molecule has 0 bridgehead atoms. The number of carboxylic acids is 1. The molecule has 31 heavy (non-hydrogen) atoms. The van der Waals surface area contributed by atoms with Crippen molar-refractivity contribution in [3.8, 4) is 0 Å². The standard InChI is InChI=1S/C21H24N6O3S/c1-13(22)16(11-23-14(2)27-8-4-3-5-9-27)19-18(21(29)30)17(12-31-19)26-20(28)15-6-7-24-25-10-15/h6-7,10-12H,2-5,8-9,22H2,1H3,(H,26,28)(H,29,30)/b16-13+,23-11-. The van der Waals surface area contributed by atoms with E-state index in [1.54, 1.807) is 18.5 Å². The third-order valence-corrected chi connectivity index (χ3v) is 5.85. The number of thiophene rings is 1. The lowest BCUT2D eigenvalue weighted by molar-refractivity contribution is 0.0698. The first-order valence-corrected chi connectivity index (χ1v) is 10.6. The van der Waals surface area contributed by atoms with Crippen LogP contribution in [0.25, 0.3) is 5.57 Å². The number of likely N-dealkylation sites (tertiary alicyclic amines) is 1. The maximum Gasteiger partial charge on any atom is 0.339 e. The summed E-state index contributed by atoms with van der Waals surface area (Å²) in [5.74, 6) is -1.05. The highest BCUT2D eigenvalue weighted by molar-refractivity contribution is 7.12. The summed E-state index contributed by atoms with van der Waals surface area (Å²) in [5.41, 5.74) is 7.35. The second-order valence-electron chi connectivity index (χ2n) is 7.06. The largest absolute Gasteiger partial charge is 0.478 e. The molecule has 1 aliphatic rings. The number of carboxylic acid groups (broad SMARTS) is 1. The quantitative estimate of drug-likeness (QED) is 0.563. The molecule has 9 nitrogen and oxygen atoms in total. The van der Waals surface area contributed by atoms with Gasteiger partial charge in [0.05, 0.1) is 28.5 Å². The van der Waals surface area contributed by atoms with Gasteiger partial charge in [0, 0.05) is 36.0 Å². The third-order valence-electron chi connectivity index (χ3n) is 4.83. The molecule has 0 radical (unpaired) electrons. The number of piperidine rings is 1. The molecule has 3 heterocycles. The number of allylic oxidation sites excluding steroid dienone is 2. The van der Waals surface area contributed by atoms with E-state index in [1.165, 1.54) is 36.2 Å². The number of aromatic carboxylic acids is 1. The Morgan fingerprint density at radius 1 is 1.32 bits per heavy atom. The van der Waals surface area contributed by atoms with Gasteiger partial charge in [-0.15, -0.1) is 11.3 Å². The highest BCUT2D eigenvalue weighted by Gasteiger charge is 2.23. The first kappa shape index (κ1) is 22.2.